The van der Waals surface area contributed by atoms with E-state index in [1.807, 2.05) is 0 Å². The van der Waals surface area contributed by atoms with Crippen LogP contribution in [0.15, 0.2) is 21.7 Å². The highest BCUT2D eigenvalue weighted by Gasteiger charge is 2.18. The van der Waals surface area contributed by atoms with Gasteiger partial charge < -0.3 is 9.97 Å². The number of hydrogen-bond acceptors (Lipinski definition) is 6. The van der Waals surface area contributed by atoms with E-state index in [0.717, 1.165) is 12.1 Å². The lowest BCUT2D eigenvalue weighted by atomic mass is 10.2. The second-order valence-corrected chi connectivity index (χ2v) is 3.31. The van der Waals surface area contributed by atoms with Gasteiger partial charge in [-0.1, -0.05) is 0 Å². The number of aromatic amines is 2. The van der Waals surface area contributed by atoms with Crippen LogP contribution in [0.3, 0.4) is 0 Å². The van der Waals surface area contributed by atoms with Crippen LogP contribution >= 0.6 is 0 Å². The summed E-state index contributed by atoms with van der Waals surface area (Å²) < 4.78 is 0. The van der Waals surface area contributed by atoms with Crippen molar-refractivity contribution in [2.45, 2.75) is 0 Å². The Kier molecular flexibility index (Phi) is 2.39. The number of nitro groups is 2. The largest absolute Gasteiger partial charge is 0.334 e. The van der Waals surface area contributed by atoms with E-state index in [9.17, 15) is 29.8 Å². The monoisotopic (exact) mass is 252 g/mol. The predicted molar refractivity (Wildman–Crippen MR) is 58.5 cm³/mol. The summed E-state index contributed by atoms with van der Waals surface area (Å²) in [6.45, 7) is 0. The second-order valence-electron chi connectivity index (χ2n) is 3.31. The van der Waals surface area contributed by atoms with Gasteiger partial charge >= 0.3 is 22.5 Å². The summed E-state index contributed by atoms with van der Waals surface area (Å²) in [5.74, 6) is 0. The molecule has 18 heavy (non-hydrogen) atoms. The maximum Gasteiger partial charge on any atom is 0.334 e. The van der Waals surface area contributed by atoms with E-state index < -0.39 is 32.3 Å². The van der Waals surface area contributed by atoms with Crippen LogP contribution in [0, 0.1) is 20.2 Å². The third-order valence-electron chi connectivity index (χ3n) is 2.21. The highest BCUT2D eigenvalue weighted by molar-refractivity contribution is 5.78. The molecule has 0 atom stereocenters. The molecule has 2 rings (SSSR count). The van der Waals surface area contributed by atoms with Gasteiger partial charge in [-0.25, -0.2) is 0 Å². The van der Waals surface area contributed by atoms with Gasteiger partial charge in [0.15, 0.2) is 0 Å². The third-order valence-corrected chi connectivity index (χ3v) is 2.21. The minimum absolute atomic E-state index is 0.00685. The summed E-state index contributed by atoms with van der Waals surface area (Å²) in [7, 11) is 0. The van der Waals surface area contributed by atoms with Crippen LogP contribution < -0.4 is 11.1 Å². The Morgan fingerprint density at radius 1 is 0.889 bits per heavy atom. The van der Waals surface area contributed by atoms with Gasteiger partial charge in [-0.15, -0.1) is 0 Å². The molecule has 2 aromatic heterocycles. The first kappa shape index (κ1) is 11.4. The van der Waals surface area contributed by atoms with Crippen molar-refractivity contribution in [3.8, 4) is 0 Å². The first-order valence-electron chi connectivity index (χ1n) is 4.49. The molecule has 0 aliphatic rings. The molecule has 0 fully saturated rings. The highest BCUT2D eigenvalue weighted by atomic mass is 16.6. The van der Waals surface area contributed by atoms with Gasteiger partial charge in [-0.3, -0.25) is 29.8 Å². The minimum Gasteiger partial charge on any atom is -0.302 e. The van der Waals surface area contributed by atoms with Crippen molar-refractivity contribution in [2.75, 3.05) is 0 Å². The summed E-state index contributed by atoms with van der Waals surface area (Å²) in [4.78, 5) is 45.9. The van der Waals surface area contributed by atoms with E-state index in [2.05, 4.69) is 9.97 Å². The number of rotatable bonds is 2. The highest BCUT2D eigenvalue weighted by Crippen LogP contribution is 2.15. The molecule has 0 amide bonds. The molecule has 2 heterocycles. The fourth-order valence-electron chi connectivity index (χ4n) is 1.41. The lowest BCUT2D eigenvalue weighted by Gasteiger charge is -1.97. The number of H-pyrrole nitrogens is 2. The fraction of sp³-hybridized carbons (Fsp3) is 0. The van der Waals surface area contributed by atoms with Gasteiger partial charge in [0.2, 0.25) is 0 Å². The summed E-state index contributed by atoms with van der Waals surface area (Å²) in [6.07, 6.45) is 0. The van der Waals surface area contributed by atoms with Gasteiger partial charge in [0, 0.05) is 17.5 Å². The molecule has 0 bridgehead atoms. The van der Waals surface area contributed by atoms with E-state index in [4.69, 9.17) is 0 Å². The SMILES string of the molecule is O=c1[nH]c2[nH]c(=O)c([N+](=O)[O-])cc2cc1[N+](=O)[O-]. The molecule has 0 aliphatic carbocycles. The average molecular weight is 252 g/mol. The zero-order valence-corrected chi connectivity index (χ0v) is 8.50. The first-order valence-corrected chi connectivity index (χ1v) is 4.49. The normalized spacial score (nSPS) is 10.4. The molecule has 0 saturated heterocycles. The Labute approximate surface area is 96.2 Å². The molecule has 0 radical (unpaired) electrons. The van der Waals surface area contributed by atoms with Crippen molar-refractivity contribution < 1.29 is 9.85 Å². The van der Waals surface area contributed by atoms with Crippen molar-refractivity contribution in [3.05, 3.63) is 53.1 Å². The van der Waals surface area contributed by atoms with Crippen LogP contribution in [-0.4, -0.2) is 19.8 Å². The summed E-state index contributed by atoms with van der Waals surface area (Å²) in [5.41, 5.74) is -3.64. The molecule has 10 nitrogen and oxygen atoms in total. The van der Waals surface area contributed by atoms with Gasteiger partial charge in [-0.2, -0.15) is 0 Å². The van der Waals surface area contributed by atoms with Crippen molar-refractivity contribution in [2.24, 2.45) is 0 Å². The van der Waals surface area contributed by atoms with Crippen LogP contribution in [0.25, 0.3) is 11.0 Å². The van der Waals surface area contributed by atoms with E-state index in [0.29, 0.717) is 0 Å². The van der Waals surface area contributed by atoms with E-state index in [-0.39, 0.29) is 11.0 Å². The van der Waals surface area contributed by atoms with Crippen LogP contribution in [0.2, 0.25) is 0 Å². The number of nitrogens with zero attached hydrogens (tertiary/aromatic N) is 2. The van der Waals surface area contributed by atoms with E-state index in [1.165, 1.54) is 0 Å². The Bertz CT molecular complexity index is 726. The summed E-state index contributed by atoms with van der Waals surface area (Å²) in [6, 6.07) is 1.72. The van der Waals surface area contributed by atoms with Gasteiger partial charge in [0.1, 0.15) is 5.65 Å². The maximum atomic E-state index is 11.3. The Morgan fingerprint density at radius 3 is 1.61 bits per heavy atom. The van der Waals surface area contributed by atoms with Crippen LogP contribution in [0.1, 0.15) is 0 Å². The zero-order valence-electron chi connectivity index (χ0n) is 8.50. The van der Waals surface area contributed by atoms with Gasteiger partial charge in [-0.05, 0) is 0 Å². The van der Waals surface area contributed by atoms with Crippen LogP contribution in [-0.2, 0) is 0 Å². The first-order chi connectivity index (χ1) is 8.40. The molecule has 0 spiro atoms. The molecule has 92 valence electrons. The predicted octanol–water partition coefficient (Wildman–Crippen LogP) is 0.0328. The summed E-state index contributed by atoms with van der Waals surface area (Å²) in [5, 5.41) is 21.1. The van der Waals surface area contributed by atoms with Crippen LogP contribution in [0.4, 0.5) is 11.4 Å². The van der Waals surface area contributed by atoms with E-state index >= 15 is 0 Å². The Morgan fingerprint density at radius 2 is 1.28 bits per heavy atom. The van der Waals surface area contributed by atoms with Crippen LogP contribution in [0.5, 0.6) is 0 Å². The summed E-state index contributed by atoms with van der Waals surface area (Å²) >= 11 is 0. The number of fused-ring (bicyclic) bond motifs is 1. The topological polar surface area (TPSA) is 152 Å². The van der Waals surface area contributed by atoms with Gasteiger partial charge in [0.05, 0.1) is 9.85 Å². The molecular formula is C8H4N4O6. The smallest absolute Gasteiger partial charge is 0.302 e. The standard InChI is InChI=1S/C8H4N4O6/c13-7-4(11(15)16)1-3-2-5(12(17)18)8(14)10-6(3)9-7/h1-2H,(H2,9,10,13,14). The van der Waals surface area contributed by atoms with Gasteiger partial charge in [0.25, 0.3) is 0 Å². The zero-order chi connectivity index (χ0) is 13.4. The number of nitrogens with one attached hydrogen (secondary N) is 2. The molecule has 2 N–H and O–H groups in total. The molecule has 0 unspecified atom stereocenters. The van der Waals surface area contributed by atoms with Crippen molar-refractivity contribution >= 4 is 22.4 Å². The number of hydrogen-bond donors (Lipinski definition) is 2. The maximum absolute atomic E-state index is 11.3. The molecular weight excluding hydrogens is 248 g/mol. The molecule has 0 aromatic carbocycles. The second kappa shape index (κ2) is 3.76. The molecule has 0 saturated carbocycles. The quantitative estimate of drug-likeness (QED) is 0.568. The lowest BCUT2D eigenvalue weighted by molar-refractivity contribution is -0.386. The Balaban J connectivity index is 2.88. The molecule has 0 aliphatic heterocycles. The fourth-order valence-corrected chi connectivity index (χ4v) is 1.41. The average Bonchev–Trinajstić information content (AvgIpc) is 2.26. The third kappa shape index (κ3) is 1.71. The number of aromatic nitrogens is 2. The minimum atomic E-state index is -1.00. The van der Waals surface area contributed by atoms with E-state index in [1.54, 1.807) is 0 Å². The van der Waals surface area contributed by atoms with Crippen molar-refractivity contribution in [1.29, 1.82) is 0 Å². The Hall–Kier alpha value is -3.04. The van der Waals surface area contributed by atoms with Crippen molar-refractivity contribution in [3.63, 3.8) is 0 Å². The number of pyridine rings is 2. The molecule has 10 heteroatoms. The lowest BCUT2D eigenvalue weighted by Crippen LogP contribution is -2.16. The molecule has 2 aromatic rings. The van der Waals surface area contributed by atoms with Crippen molar-refractivity contribution in [1.82, 2.24) is 9.97 Å².